The van der Waals surface area contributed by atoms with Gasteiger partial charge in [0.25, 0.3) is 5.91 Å². The van der Waals surface area contributed by atoms with E-state index in [0.717, 1.165) is 39.9 Å². The fourth-order valence-electron chi connectivity index (χ4n) is 3.85. The number of aryl methyl sites for hydroxylation is 1. The highest BCUT2D eigenvalue weighted by Crippen LogP contribution is 2.30. The van der Waals surface area contributed by atoms with Gasteiger partial charge in [-0.3, -0.25) is 9.59 Å². The van der Waals surface area contributed by atoms with Crippen LogP contribution in [0, 0.1) is 12.8 Å². The van der Waals surface area contributed by atoms with Crippen LogP contribution in [0.3, 0.4) is 0 Å². The average Bonchev–Trinajstić information content (AvgIpc) is 3.28. The number of nitrogens with zero attached hydrogens (tertiary/aromatic N) is 2. The van der Waals surface area contributed by atoms with Crippen LogP contribution in [0.4, 0.5) is 0 Å². The Kier molecular flexibility index (Phi) is 5.62. The fraction of sp³-hybridized carbons (Fsp3) is 0.348. The number of carbonyl (C=O) groups excluding carboxylic acids is 2. The normalized spacial score (nSPS) is 16.8. The van der Waals surface area contributed by atoms with Crippen LogP contribution >= 0.6 is 11.3 Å². The standard InChI is InChI=1S/C23H24N2O3S/c1-3-28-23(27)16-6-4-10-25(14-16)22(26)18-13-20(21-7-5-11-29-21)24-19-9-8-15(2)12-17(18)19/h5,7-9,11-13,16H,3-4,6,10,14H2,1-2H3. The summed E-state index contributed by atoms with van der Waals surface area (Å²) in [6, 6.07) is 11.9. The van der Waals surface area contributed by atoms with E-state index in [9.17, 15) is 9.59 Å². The Morgan fingerprint density at radius 1 is 1.28 bits per heavy atom. The molecule has 1 fully saturated rings. The number of hydrogen-bond donors (Lipinski definition) is 0. The molecule has 1 unspecified atom stereocenters. The van der Waals surface area contributed by atoms with Gasteiger partial charge in [0, 0.05) is 18.5 Å². The summed E-state index contributed by atoms with van der Waals surface area (Å²) < 4.78 is 5.18. The van der Waals surface area contributed by atoms with Crippen molar-refractivity contribution in [1.82, 2.24) is 9.88 Å². The number of aromatic nitrogens is 1. The molecular weight excluding hydrogens is 384 g/mol. The van der Waals surface area contributed by atoms with Gasteiger partial charge in [-0.1, -0.05) is 17.7 Å². The molecule has 0 bridgehead atoms. The van der Waals surface area contributed by atoms with Crippen molar-refractivity contribution in [3.05, 3.63) is 52.9 Å². The van der Waals surface area contributed by atoms with Gasteiger partial charge in [-0.25, -0.2) is 4.98 Å². The van der Waals surface area contributed by atoms with Gasteiger partial charge in [0.15, 0.2) is 0 Å². The highest BCUT2D eigenvalue weighted by Gasteiger charge is 2.30. The summed E-state index contributed by atoms with van der Waals surface area (Å²) >= 11 is 1.60. The number of pyridine rings is 1. The lowest BCUT2D eigenvalue weighted by Gasteiger charge is -2.32. The zero-order valence-corrected chi connectivity index (χ0v) is 17.5. The van der Waals surface area contributed by atoms with Gasteiger partial charge in [-0.15, -0.1) is 11.3 Å². The molecule has 3 heterocycles. The van der Waals surface area contributed by atoms with Crippen molar-refractivity contribution in [3.8, 4) is 10.6 Å². The first-order valence-electron chi connectivity index (χ1n) is 9.98. The van der Waals surface area contributed by atoms with Crippen molar-refractivity contribution in [1.29, 1.82) is 0 Å². The molecule has 1 atom stereocenters. The Bertz CT molecular complexity index is 1050. The third kappa shape index (κ3) is 4.03. The molecule has 0 aliphatic carbocycles. The number of ether oxygens (including phenoxy) is 1. The first kappa shape index (κ1) is 19.6. The Morgan fingerprint density at radius 3 is 2.90 bits per heavy atom. The molecular formula is C23H24N2O3S. The third-order valence-electron chi connectivity index (χ3n) is 5.30. The van der Waals surface area contributed by atoms with Crippen LogP contribution in [0.15, 0.2) is 41.8 Å². The molecule has 150 valence electrons. The first-order valence-corrected chi connectivity index (χ1v) is 10.9. The largest absolute Gasteiger partial charge is 0.466 e. The van der Waals surface area contributed by atoms with Crippen molar-refractivity contribution >= 4 is 34.1 Å². The predicted octanol–water partition coefficient (Wildman–Crippen LogP) is 4.69. The van der Waals surface area contributed by atoms with Crippen molar-refractivity contribution in [2.24, 2.45) is 5.92 Å². The van der Waals surface area contributed by atoms with Crippen LogP contribution < -0.4 is 0 Å². The summed E-state index contributed by atoms with van der Waals surface area (Å²) in [5.74, 6) is -0.506. The fourth-order valence-corrected chi connectivity index (χ4v) is 4.54. The summed E-state index contributed by atoms with van der Waals surface area (Å²) in [7, 11) is 0. The van der Waals surface area contributed by atoms with E-state index in [1.165, 1.54) is 0 Å². The van der Waals surface area contributed by atoms with E-state index in [1.54, 1.807) is 23.2 Å². The number of hydrogen-bond acceptors (Lipinski definition) is 5. The lowest BCUT2D eigenvalue weighted by molar-refractivity contribution is -0.149. The van der Waals surface area contributed by atoms with Crippen LogP contribution in [0.1, 0.15) is 35.7 Å². The maximum absolute atomic E-state index is 13.5. The molecule has 1 aromatic carbocycles. The molecule has 2 aromatic heterocycles. The van der Waals surface area contributed by atoms with Crippen LogP contribution in [0.2, 0.25) is 0 Å². The maximum Gasteiger partial charge on any atom is 0.310 e. The van der Waals surface area contributed by atoms with Gasteiger partial charge >= 0.3 is 5.97 Å². The third-order valence-corrected chi connectivity index (χ3v) is 6.19. The zero-order chi connectivity index (χ0) is 20.4. The van der Waals surface area contributed by atoms with E-state index >= 15 is 0 Å². The molecule has 1 amide bonds. The number of thiophene rings is 1. The van der Waals surface area contributed by atoms with Gasteiger partial charge in [0.2, 0.25) is 0 Å². The highest BCUT2D eigenvalue weighted by molar-refractivity contribution is 7.13. The van der Waals surface area contributed by atoms with E-state index in [2.05, 4.69) is 0 Å². The number of fused-ring (bicyclic) bond motifs is 1. The van der Waals surface area contributed by atoms with Gasteiger partial charge in [-0.05, 0) is 56.3 Å². The molecule has 5 nitrogen and oxygen atoms in total. The number of carbonyl (C=O) groups is 2. The van der Waals surface area contributed by atoms with Crippen LogP contribution in [-0.4, -0.2) is 41.5 Å². The quantitative estimate of drug-likeness (QED) is 0.588. The second kappa shape index (κ2) is 8.33. The zero-order valence-electron chi connectivity index (χ0n) is 16.7. The lowest BCUT2D eigenvalue weighted by atomic mass is 9.96. The summed E-state index contributed by atoms with van der Waals surface area (Å²) in [6.07, 6.45) is 1.56. The number of piperidine rings is 1. The number of rotatable bonds is 4. The van der Waals surface area contributed by atoms with Crippen molar-refractivity contribution in [2.75, 3.05) is 19.7 Å². The monoisotopic (exact) mass is 408 g/mol. The van der Waals surface area contributed by atoms with Gasteiger partial charge < -0.3 is 9.64 Å². The lowest BCUT2D eigenvalue weighted by Crippen LogP contribution is -2.42. The molecule has 6 heteroatoms. The van der Waals surface area contributed by atoms with E-state index < -0.39 is 0 Å². The molecule has 0 saturated carbocycles. The number of amides is 1. The molecule has 4 rings (SSSR count). The molecule has 1 aliphatic rings. The van der Waals surface area contributed by atoms with Crippen LogP contribution in [0.25, 0.3) is 21.5 Å². The molecule has 1 aliphatic heterocycles. The summed E-state index contributed by atoms with van der Waals surface area (Å²) in [6.45, 7) is 5.24. The molecule has 1 saturated heterocycles. The van der Waals surface area contributed by atoms with Gasteiger partial charge in [0.1, 0.15) is 0 Å². The van der Waals surface area contributed by atoms with Gasteiger partial charge in [0.05, 0.1) is 34.2 Å². The smallest absolute Gasteiger partial charge is 0.310 e. The molecule has 0 spiro atoms. The van der Waals surface area contributed by atoms with E-state index in [4.69, 9.17) is 9.72 Å². The van der Waals surface area contributed by atoms with Crippen molar-refractivity contribution < 1.29 is 14.3 Å². The summed E-state index contributed by atoms with van der Waals surface area (Å²) in [5, 5.41) is 2.86. The molecule has 29 heavy (non-hydrogen) atoms. The SMILES string of the molecule is CCOC(=O)C1CCCN(C(=O)c2cc(-c3cccs3)nc3ccc(C)cc23)C1. The van der Waals surface area contributed by atoms with Crippen LogP contribution in [0.5, 0.6) is 0 Å². The minimum atomic E-state index is -0.251. The van der Waals surface area contributed by atoms with E-state index in [0.29, 0.717) is 25.3 Å². The van der Waals surface area contributed by atoms with Gasteiger partial charge in [-0.2, -0.15) is 0 Å². The Hall–Kier alpha value is -2.73. The number of esters is 1. The molecule has 3 aromatic rings. The Morgan fingerprint density at radius 2 is 2.14 bits per heavy atom. The van der Waals surface area contributed by atoms with Crippen molar-refractivity contribution in [3.63, 3.8) is 0 Å². The van der Waals surface area contributed by atoms with Crippen molar-refractivity contribution in [2.45, 2.75) is 26.7 Å². The first-order chi connectivity index (χ1) is 14.1. The van der Waals surface area contributed by atoms with E-state index in [-0.39, 0.29) is 17.8 Å². The topological polar surface area (TPSA) is 59.5 Å². The number of benzene rings is 1. The summed E-state index contributed by atoms with van der Waals surface area (Å²) in [5.41, 5.74) is 3.34. The predicted molar refractivity (Wildman–Crippen MR) is 115 cm³/mol. The Balaban J connectivity index is 1.72. The van der Waals surface area contributed by atoms with Crippen LogP contribution in [-0.2, 0) is 9.53 Å². The number of likely N-dealkylation sites (tertiary alicyclic amines) is 1. The highest BCUT2D eigenvalue weighted by atomic mass is 32.1. The molecule has 0 N–H and O–H groups in total. The molecule has 0 radical (unpaired) electrons. The minimum Gasteiger partial charge on any atom is -0.466 e. The Labute approximate surface area is 174 Å². The summed E-state index contributed by atoms with van der Waals surface area (Å²) in [4.78, 5) is 33.3. The average molecular weight is 409 g/mol. The maximum atomic E-state index is 13.5. The second-order valence-electron chi connectivity index (χ2n) is 7.40. The minimum absolute atomic E-state index is 0.0465. The second-order valence-corrected chi connectivity index (χ2v) is 8.34. The van der Waals surface area contributed by atoms with E-state index in [1.807, 2.05) is 48.7 Å².